The van der Waals surface area contributed by atoms with E-state index >= 15 is 0 Å². The molecule has 2 aromatic carbocycles. The third-order valence-electron chi connectivity index (χ3n) is 4.12. The molecular formula is C19H18N2O4S. The van der Waals surface area contributed by atoms with Gasteiger partial charge in [0.05, 0.1) is 4.90 Å². The van der Waals surface area contributed by atoms with Crippen molar-refractivity contribution < 1.29 is 13.2 Å². The standard InChI is InChI=1S/C19H18N2O4S/c1-12-5-3-4-6-16(12)20-19(23)11-26(24,25)14-7-8-17-15(10-14)13(2)9-18(22)21-17/h3-10H,11H2,1-2H3,(H,20,23)(H,21,22). The van der Waals surface area contributed by atoms with Crippen LogP contribution >= 0.6 is 0 Å². The molecular weight excluding hydrogens is 352 g/mol. The highest BCUT2D eigenvalue weighted by atomic mass is 32.2. The van der Waals surface area contributed by atoms with E-state index in [4.69, 9.17) is 0 Å². The predicted molar refractivity (Wildman–Crippen MR) is 101 cm³/mol. The van der Waals surface area contributed by atoms with Crippen molar-refractivity contribution in [3.8, 4) is 0 Å². The van der Waals surface area contributed by atoms with Crippen molar-refractivity contribution in [3.63, 3.8) is 0 Å². The molecule has 1 heterocycles. The summed E-state index contributed by atoms with van der Waals surface area (Å²) in [5.74, 6) is -1.26. The Morgan fingerprint density at radius 2 is 1.77 bits per heavy atom. The summed E-state index contributed by atoms with van der Waals surface area (Å²) in [5.41, 5.74) is 2.41. The molecule has 0 atom stereocenters. The summed E-state index contributed by atoms with van der Waals surface area (Å²) in [7, 11) is -3.81. The molecule has 0 bridgehead atoms. The van der Waals surface area contributed by atoms with Crippen molar-refractivity contribution in [2.75, 3.05) is 11.1 Å². The van der Waals surface area contributed by atoms with E-state index in [2.05, 4.69) is 10.3 Å². The molecule has 0 saturated carbocycles. The highest BCUT2D eigenvalue weighted by Gasteiger charge is 2.20. The molecule has 0 spiro atoms. The lowest BCUT2D eigenvalue weighted by Crippen LogP contribution is -2.23. The van der Waals surface area contributed by atoms with Gasteiger partial charge in [-0.1, -0.05) is 18.2 Å². The van der Waals surface area contributed by atoms with Gasteiger partial charge in [0.25, 0.3) is 0 Å². The van der Waals surface area contributed by atoms with Gasteiger partial charge in [0.15, 0.2) is 9.84 Å². The fourth-order valence-electron chi connectivity index (χ4n) is 2.75. The highest BCUT2D eigenvalue weighted by Crippen LogP contribution is 2.21. The number of rotatable bonds is 4. The average molecular weight is 370 g/mol. The predicted octanol–water partition coefficient (Wildman–Crippen LogP) is 2.56. The van der Waals surface area contributed by atoms with Crippen molar-refractivity contribution in [2.24, 2.45) is 0 Å². The fraction of sp³-hybridized carbons (Fsp3) is 0.158. The van der Waals surface area contributed by atoms with Crippen LogP contribution in [-0.2, 0) is 14.6 Å². The summed E-state index contributed by atoms with van der Waals surface area (Å²) in [5, 5.41) is 3.26. The molecule has 0 aliphatic carbocycles. The van der Waals surface area contributed by atoms with E-state index in [1.807, 2.05) is 19.1 Å². The smallest absolute Gasteiger partial charge is 0.248 e. The van der Waals surface area contributed by atoms with Crippen LogP contribution in [-0.4, -0.2) is 25.1 Å². The van der Waals surface area contributed by atoms with Crippen LogP contribution in [0.5, 0.6) is 0 Å². The van der Waals surface area contributed by atoms with Crippen molar-refractivity contribution in [2.45, 2.75) is 18.7 Å². The first-order valence-electron chi connectivity index (χ1n) is 7.98. The second kappa shape index (κ2) is 6.76. The van der Waals surface area contributed by atoms with Crippen LogP contribution in [0.2, 0.25) is 0 Å². The van der Waals surface area contributed by atoms with Crippen molar-refractivity contribution in [1.82, 2.24) is 4.98 Å². The minimum absolute atomic E-state index is 0.0417. The number of benzene rings is 2. The van der Waals surface area contributed by atoms with Crippen LogP contribution in [0.15, 0.2) is 58.2 Å². The molecule has 2 N–H and O–H groups in total. The second-order valence-corrected chi connectivity index (χ2v) is 8.14. The largest absolute Gasteiger partial charge is 0.325 e. The normalized spacial score (nSPS) is 11.5. The zero-order valence-electron chi connectivity index (χ0n) is 14.4. The number of aromatic nitrogens is 1. The van der Waals surface area contributed by atoms with Gasteiger partial charge in [-0.15, -0.1) is 0 Å². The fourth-order valence-corrected chi connectivity index (χ4v) is 3.91. The van der Waals surface area contributed by atoms with Gasteiger partial charge >= 0.3 is 0 Å². The van der Waals surface area contributed by atoms with E-state index < -0.39 is 21.5 Å². The first kappa shape index (κ1) is 17.9. The SMILES string of the molecule is Cc1ccccc1NC(=O)CS(=O)(=O)c1ccc2[nH]c(=O)cc(C)c2c1. The molecule has 7 heteroatoms. The number of anilines is 1. The minimum atomic E-state index is -3.81. The Morgan fingerprint density at radius 3 is 2.50 bits per heavy atom. The van der Waals surface area contributed by atoms with Crippen molar-refractivity contribution in [3.05, 3.63) is 70.0 Å². The number of para-hydroxylation sites is 1. The number of amides is 1. The monoisotopic (exact) mass is 370 g/mol. The van der Waals surface area contributed by atoms with Gasteiger partial charge in [-0.05, 0) is 49.2 Å². The number of hydrogen-bond donors (Lipinski definition) is 2. The summed E-state index contributed by atoms with van der Waals surface area (Å²) >= 11 is 0. The summed E-state index contributed by atoms with van der Waals surface area (Å²) in [6.45, 7) is 3.57. The van der Waals surface area contributed by atoms with Crippen molar-refractivity contribution >= 4 is 32.3 Å². The van der Waals surface area contributed by atoms with E-state index in [-0.39, 0.29) is 10.5 Å². The van der Waals surface area contributed by atoms with Crippen LogP contribution in [0, 0.1) is 13.8 Å². The van der Waals surface area contributed by atoms with Crippen LogP contribution < -0.4 is 10.9 Å². The van der Waals surface area contributed by atoms with Crippen LogP contribution in [0.1, 0.15) is 11.1 Å². The van der Waals surface area contributed by atoms with Crippen LogP contribution in [0.25, 0.3) is 10.9 Å². The molecule has 0 saturated heterocycles. The molecule has 0 fully saturated rings. The Kier molecular flexibility index (Phi) is 4.65. The molecule has 1 aromatic heterocycles. The molecule has 0 unspecified atom stereocenters. The summed E-state index contributed by atoms with van der Waals surface area (Å²) in [6, 6.07) is 13.0. The van der Waals surface area contributed by atoms with Gasteiger partial charge in [0.1, 0.15) is 5.75 Å². The highest BCUT2D eigenvalue weighted by molar-refractivity contribution is 7.92. The summed E-state index contributed by atoms with van der Waals surface area (Å²) in [6.07, 6.45) is 0. The first-order chi connectivity index (χ1) is 12.3. The molecule has 26 heavy (non-hydrogen) atoms. The summed E-state index contributed by atoms with van der Waals surface area (Å²) in [4.78, 5) is 26.4. The zero-order valence-corrected chi connectivity index (χ0v) is 15.2. The van der Waals surface area contributed by atoms with Gasteiger partial charge < -0.3 is 10.3 Å². The Hall–Kier alpha value is -2.93. The zero-order chi connectivity index (χ0) is 18.9. The maximum Gasteiger partial charge on any atom is 0.248 e. The molecule has 6 nitrogen and oxygen atoms in total. The van der Waals surface area contributed by atoms with E-state index in [1.165, 1.54) is 24.3 Å². The number of aromatic amines is 1. The van der Waals surface area contributed by atoms with Gasteiger partial charge in [0.2, 0.25) is 11.5 Å². The van der Waals surface area contributed by atoms with E-state index in [1.54, 1.807) is 19.1 Å². The summed E-state index contributed by atoms with van der Waals surface area (Å²) < 4.78 is 25.2. The molecule has 0 aliphatic heterocycles. The molecule has 3 aromatic rings. The number of sulfone groups is 1. The molecule has 1 amide bonds. The third kappa shape index (κ3) is 3.67. The number of hydrogen-bond acceptors (Lipinski definition) is 4. The number of pyridine rings is 1. The lowest BCUT2D eigenvalue weighted by atomic mass is 10.1. The average Bonchev–Trinajstić information content (AvgIpc) is 2.56. The number of H-pyrrole nitrogens is 1. The molecule has 3 rings (SSSR count). The molecule has 0 aliphatic rings. The Balaban J connectivity index is 1.88. The van der Waals surface area contributed by atoms with Crippen molar-refractivity contribution in [1.29, 1.82) is 0 Å². The van der Waals surface area contributed by atoms with Gasteiger partial charge in [-0.25, -0.2) is 8.42 Å². The Bertz CT molecular complexity index is 1160. The lowest BCUT2D eigenvalue weighted by molar-refractivity contribution is -0.113. The Morgan fingerprint density at radius 1 is 1.04 bits per heavy atom. The van der Waals surface area contributed by atoms with Gasteiger partial charge in [-0.2, -0.15) is 0 Å². The quantitative estimate of drug-likeness (QED) is 0.738. The molecule has 134 valence electrons. The second-order valence-electron chi connectivity index (χ2n) is 6.15. The van der Waals surface area contributed by atoms with Crippen LogP contribution in [0.4, 0.5) is 5.69 Å². The van der Waals surface area contributed by atoms with Gasteiger partial charge in [-0.3, -0.25) is 9.59 Å². The molecule has 0 radical (unpaired) electrons. The first-order valence-corrected chi connectivity index (χ1v) is 9.63. The number of aryl methyl sites for hydroxylation is 2. The number of fused-ring (bicyclic) bond motifs is 1. The lowest BCUT2D eigenvalue weighted by Gasteiger charge is -2.10. The third-order valence-corrected chi connectivity index (χ3v) is 5.74. The number of nitrogens with one attached hydrogen (secondary N) is 2. The minimum Gasteiger partial charge on any atom is -0.325 e. The topological polar surface area (TPSA) is 96.1 Å². The maximum atomic E-state index is 12.6. The van der Waals surface area contributed by atoms with E-state index in [0.29, 0.717) is 22.2 Å². The van der Waals surface area contributed by atoms with Crippen LogP contribution in [0.3, 0.4) is 0 Å². The number of carbonyl (C=O) groups is 1. The van der Waals surface area contributed by atoms with Gasteiger partial charge in [0, 0.05) is 22.7 Å². The Labute approximate surface area is 150 Å². The van der Waals surface area contributed by atoms with E-state index in [9.17, 15) is 18.0 Å². The maximum absolute atomic E-state index is 12.6. The van der Waals surface area contributed by atoms with E-state index in [0.717, 1.165) is 5.56 Å². The number of carbonyl (C=O) groups excluding carboxylic acids is 1.